The van der Waals surface area contributed by atoms with Gasteiger partial charge in [-0.15, -0.1) is 0 Å². The van der Waals surface area contributed by atoms with E-state index in [0.29, 0.717) is 5.82 Å². The Morgan fingerprint density at radius 3 is 2.77 bits per heavy atom. The number of hydrogen-bond donors (Lipinski definition) is 0. The van der Waals surface area contributed by atoms with Crippen LogP contribution in [0.25, 0.3) is 0 Å². The summed E-state index contributed by atoms with van der Waals surface area (Å²) in [6, 6.07) is 1.38. The fourth-order valence-electron chi connectivity index (χ4n) is 1.29. The maximum Gasteiger partial charge on any atom is 0.218 e. The number of rotatable bonds is 1. The first-order chi connectivity index (χ1) is 6.36. The molecule has 70 valence electrons. The molecular weight excluding hydrogens is 189 g/mol. The molecule has 1 fully saturated rings. The molecule has 0 unspecified atom stereocenters. The van der Waals surface area contributed by atoms with E-state index in [0.717, 1.165) is 24.6 Å². The van der Waals surface area contributed by atoms with E-state index in [4.69, 9.17) is 0 Å². The van der Waals surface area contributed by atoms with Gasteiger partial charge in [-0.25, -0.2) is 9.97 Å². The van der Waals surface area contributed by atoms with E-state index in [2.05, 4.69) is 14.9 Å². The summed E-state index contributed by atoms with van der Waals surface area (Å²) in [6.45, 7) is 1.89. The Hall–Kier alpha value is -0.840. The molecule has 1 aromatic heterocycles. The van der Waals surface area contributed by atoms with Crippen LogP contribution < -0.4 is 4.90 Å². The zero-order chi connectivity index (χ0) is 9.10. The molecule has 0 radical (unpaired) electrons. The zero-order valence-electron chi connectivity index (χ0n) is 7.11. The molecule has 0 saturated carbocycles. The number of halogens is 1. The monoisotopic (exact) mass is 199 g/mol. The van der Waals surface area contributed by atoms with Crippen LogP contribution in [-0.4, -0.2) is 34.6 Å². The molecule has 0 N–H and O–H groups in total. The highest BCUT2D eigenvalue weighted by molar-refractivity contribution is 7.99. The van der Waals surface area contributed by atoms with E-state index < -0.39 is 5.95 Å². The Morgan fingerprint density at radius 1 is 1.31 bits per heavy atom. The van der Waals surface area contributed by atoms with Crippen LogP contribution in [0.5, 0.6) is 0 Å². The third-order valence-electron chi connectivity index (χ3n) is 1.95. The van der Waals surface area contributed by atoms with Gasteiger partial charge < -0.3 is 4.90 Å². The molecule has 3 nitrogen and oxygen atoms in total. The molecule has 5 heteroatoms. The fourth-order valence-corrected chi connectivity index (χ4v) is 2.19. The SMILES string of the molecule is Fc1cc(N2CCSCC2)ncn1. The summed E-state index contributed by atoms with van der Waals surface area (Å²) in [5, 5.41) is 0. The zero-order valence-corrected chi connectivity index (χ0v) is 7.93. The van der Waals surface area contributed by atoms with Gasteiger partial charge in [0, 0.05) is 30.7 Å². The Morgan fingerprint density at radius 2 is 2.08 bits per heavy atom. The van der Waals surface area contributed by atoms with Crippen molar-refractivity contribution in [3.05, 3.63) is 18.3 Å². The van der Waals surface area contributed by atoms with Crippen LogP contribution in [0.2, 0.25) is 0 Å². The van der Waals surface area contributed by atoms with Crippen molar-refractivity contribution in [3.8, 4) is 0 Å². The minimum absolute atomic E-state index is 0.455. The molecule has 0 atom stereocenters. The van der Waals surface area contributed by atoms with Crippen molar-refractivity contribution in [1.29, 1.82) is 0 Å². The van der Waals surface area contributed by atoms with Crippen LogP contribution in [0, 0.1) is 5.95 Å². The molecular formula is C8H10FN3S. The van der Waals surface area contributed by atoms with E-state index in [9.17, 15) is 4.39 Å². The van der Waals surface area contributed by atoms with Crippen LogP contribution in [0.15, 0.2) is 12.4 Å². The lowest BCUT2D eigenvalue weighted by molar-refractivity contribution is 0.578. The number of aromatic nitrogens is 2. The van der Waals surface area contributed by atoms with E-state index in [1.54, 1.807) is 0 Å². The molecule has 1 aliphatic rings. The van der Waals surface area contributed by atoms with Crippen molar-refractivity contribution < 1.29 is 4.39 Å². The largest absolute Gasteiger partial charge is 0.355 e. The maximum absolute atomic E-state index is 12.7. The smallest absolute Gasteiger partial charge is 0.218 e. The van der Waals surface area contributed by atoms with Crippen molar-refractivity contribution in [2.24, 2.45) is 0 Å². The fraction of sp³-hybridized carbons (Fsp3) is 0.500. The van der Waals surface area contributed by atoms with Crippen LogP contribution >= 0.6 is 11.8 Å². The maximum atomic E-state index is 12.7. The average Bonchev–Trinajstić information content (AvgIpc) is 2.19. The Labute approximate surface area is 80.4 Å². The van der Waals surface area contributed by atoms with Crippen LogP contribution in [-0.2, 0) is 0 Å². The van der Waals surface area contributed by atoms with Gasteiger partial charge in [0.25, 0.3) is 0 Å². The molecule has 13 heavy (non-hydrogen) atoms. The standard InChI is InChI=1S/C8H10FN3S/c9-7-5-8(11-6-10-7)12-1-3-13-4-2-12/h5-6H,1-4H2. The molecule has 0 bridgehead atoms. The second-order valence-electron chi connectivity index (χ2n) is 2.80. The second kappa shape index (κ2) is 3.91. The predicted octanol–water partition coefficient (Wildman–Crippen LogP) is 1.17. The molecule has 1 saturated heterocycles. The molecule has 2 rings (SSSR count). The quantitative estimate of drug-likeness (QED) is 0.635. The number of hydrogen-bond acceptors (Lipinski definition) is 4. The van der Waals surface area contributed by atoms with Crippen molar-refractivity contribution in [1.82, 2.24) is 9.97 Å². The third-order valence-corrected chi connectivity index (χ3v) is 2.90. The highest BCUT2D eigenvalue weighted by atomic mass is 32.2. The first-order valence-electron chi connectivity index (χ1n) is 4.16. The Balaban J connectivity index is 2.14. The van der Waals surface area contributed by atoms with E-state index in [1.165, 1.54) is 12.4 Å². The van der Waals surface area contributed by atoms with E-state index in [-0.39, 0.29) is 0 Å². The number of thioether (sulfide) groups is 1. The summed E-state index contributed by atoms with van der Waals surface area (Å²) in [7, 11) is 0. The first kappa shape index (κ1) is 8.74. The summed E-state index contributed by atoms with van der Waals surface area (Å²) in [5.74, 6) is 2.42. The summed E-state index contributed by atoms with van der Waals surface area (Å²) in [5.41, 5.74) is 0. The Kier molecular flexibility index (Phi) is 2.63. The topological polar surface area (TPSA) is 29.0 Å². The minimum Gasteiger partial charge on any atom is -0.355 e. The normalized spacial score (nSPS) is 17.5. The van der Waals surface area contributed by atoms with Gasteiger partial charge in [-0.05, 0) is 0 Å². The predicted molar refractivity (Wildman–Crippen MR) is 51.5 cm³/mol. The third kappa shape index (κ3) is 2.09. The lowest BCUT2D eigenvalue weighted by Crippen LogP contribution is -2.33. The summed E-state index contributed by atoms with van der Waals surface area (Å²) < 4.78 is 12.7. The summed E-state index contributed by atoms with van der Waals surface area (Å²) >= 11 is 1.92. The molecule has 1 aliphatic heterocycles. The van der Waals surface area contributed by atoms with E-state index in [1.807, 2.05) is 11.8 Å². The molecule has 0 amide bonds. The number of anilines is 1. The van der Waals surface area contributed by atoms with Gasteiger partial charge in [0.15, 0.2) is 0 Å². The Bertz CT molecular complexity index is 288. The van der Waals surface area contributed by atoms with Gasteiger partial charge >= 0.3 is 0 Å². The molecule has 0 aliphatic carbocycles. The highest BCUT2D eigenvalue weighted by Crippen LogP contribution is 2.16. The molecule has 0 aromatic carbocycles. The van der Waals surface area contributed by atoms with Crippen molar-refractivity contribution in [3.63, 3.8) is 0 Å². The van der Waals surface area contributed by atoms with Gasteiger partial charge in [0.05, 0.1) is 0 Å². The van der Waals surface area contributed by atoms with Crippen LogP contribution in [0.1, 0.15) is 0 Å². The highest BCUT2D eigenvalue weighted by Gasteiger charge is 2.12. The number of nitrogens with zero attached hydrogens (tertiary/aromatic N) is 3. The summed E-state index contributed by atoms with van der Waals surface area (Å²) in [4.78, 5) is 9.54. The lowest BCUT2D eigenvalue weighted by atomic mass is 10.4. The van der Waals surface area contributed by atoms with Crippen LogP contribution in [0.4, 0.5) is 10.2 Å². The van der Waals surface area contributed by atoms with Gasteiger partial charge in [-0.3, -0.25) is 0 Å². The van der Waals surface area contributed by atoms with Crippen molar-refractivity contribution in [2.45, 2.75) is 0 Å². The van der Waals surface area contributed by atoms with Gasteiger partial charge in [0.1, 0.15) is 12.1 Å². The minimum atomic E-state index is -0.455. The van der Waals surface area contributed by atoms with Gasteiger partial charge in [-0.1, -0.05) is 0 Å². The molecule has 1 aromatic rings. The van der Waals surface area contributed by atoms with E-state index >= 15 is 0 Å². The molecule has 2 heterocycles. The van der Waals surface area contributed by atoms with Crippen LogP contribution in [0.3, 0.4) is 0 Å². The summed E-state index contributed by atoms with van der Waals surface area (Å²) in [6.07, 6.45) is 1.27. The van der Waals surface area contributed by atoms with Crippen molar-refractivity contribution in [2.75, 3.05) is 29.5 Å². The van der Waals surface area contributed by atoms with Gasteiger partial charge in [-0.2, -0.15) is 16.2 Å². The first-order valence-corrected chi connectivity index (χ1v) is 5.32. The molecule has 0 spiro atoms. The lowest BCUT2D eigenvalue weighted by Gasteiger charge is -2.26. The second-order valence-corrected chi connectivity index (χ2v) is 4.02. The average molecular weight is 199 g/mol. The van der Waals surface area contributed by atoms with Gasteiger partial charge in [0.2, 0.25) is 5.95 Å². The van der Waals surface area contributed by atoms with Crippen molar-refractivity contribution >= 4 is 17.6 Å².